The van der Waals surface area contributed by atoms with E-state index in [1.807, 2.05) is 12.1 Å². The van der Waals surface area contributed by atoms with Gasteiger partial charge >= 0.3 is 0 Å². The summed E-state index contributed by atoms with van der Waals surface area (Å²) in [6.45, 7) is 21.5. The van der Waals surface area contributed by atoms with Crippen molar-refractivity contribution in [2.24, 2.45) is 5.92 Å². The first-order chi connectivity index (χ1) is 12.6. The summed E-state index contributed by atoms with van der Waals surface area (Å²) in [5.41, 5.74) is 6.42. The molecule has 2 N–H and O–H groups in total. The van der Waals surface area contributed by atoms with Gasteiger partial charge in [-0.25, -0.2) is 0 Å². The van der Waals surface area contributed by atoms with E-state index in [0.717, 1.165) is 22.3 Å². The van der Waals surface area contributed by atoms with E-state index >= 15 is 0 Å². The van der Waals surface area contributed by atoms with Crippen LogP contribution in [0.25, 0.3) is 0 Å². The molecule has 2 nitrogen and oxygen atoms in total. The number of hydrogen-bond acceptors (Lipinski definition) is 2. The maximum atomic E-state index is 10.6. The zero-order valence-electron chi connectivity index (χ0n) is 19.4. The van der Waals surface area contributed by atoms with E-state index in [0.29, 0.717) is 17.4 Å². The fraction of sp³-hybridized carbons (Fsp3) is 0.538. The average molecular weight is 385 g/mol. The number of phenols is 2. The molecule has 2 rings (SSSR count). The lowest BCUT2D eigenvalue weighted by atomic mass is 9.74. The van der Waals surface area contributed by atoms with Crippen LogP contribution in [0.2, 0.25) is 0 Å². The molecule has 2 aromatic rings. The van der Waals surface area contributed by atoms with Crippen LogP contribution in [0.3, 0.4) is 0 Å². The smallest absolute Gasteiger partial charge is 0.119 e. The van der Waals surface area contributed by atoms with E-state index < -0.39 is 0 Å². The molecule has 0 saturated carbocycles. The highest BCUT2D eigenvalue weighted by Crippen LogP contribution is 2.43. The summed E-state index contributed by atoms with van der Waals surface area (Å²) >= 11 is 0. The number of rotatable bonds is 3. The Morgan fingerprint density at radius 3 is 1.25 bits per heavy atom. The van der Waals surface area contributed by atoms with Gasteiger partial charge in [0.25, 0.3) is 0 Å². The lowest BCUT2D eigenvalue weighted by Gasteiger charge is -2.30. The third-order valence-corrected chi connectivity index (χ3v) is 5.72. The van der Waals surface area contributed by atoms with Gasteiger partial charge in [0.05, 0.1) is 0 Å². The summed E-state index contributed by atoms with van der Waals surface area (Å²) in [6.07, 6.45) is 0. The minimum atomic E-state index is -0.130. The van der Waals surface area contributed by atoms with Crippen molar-refractivity contribution in [3.05, 3.63) is 57.6 Å². The van der Waals surface area contributed by atoms with Crippen molar-refractivity contribution >= 4 is 0 Å². The Morgan fingerprint density at radius 2 is 1.00 bits per heavy atom. The van der Waals surface area contributed by atoms with Crippen LogP contribution in [0.15, 0.2) is 24.3 Å². The predicted octanol–water partition coefficient (Wildman–Crippen LogP) is 7.34. The molecule has 0 aliphatic rings. The van der Waals surface area contributed by atoms with E-state index in [1.54, 1.807) is 0 Å². The molecule has 2 heteroatoms. The second-order valence-corrected chi connectivity index (χ2v) is 10.7. The lowest BCUT2D eigenvalue weighted by molar-refractivity contribution is 0.443. The first-order valence-corrected chi connectivity index (χ1v) is 10.3. The van der Waals surface area contributed by atoms with E-state index in [1.165, 1.54) is 11.1 Å². The van der Waals surface area contributed by atoms with Crippen molar-refractivity contribution in [1.82, 2.24) is 0 Å². The first-order valence-electron chi connectivity index (χ1n) is 10.3. The van der Waals surface area contributed by atoms with Crippen LogP contribution < -0.4 is 0 Å². The van der Waals surface area contributed by atoms with Crippen LogP contribution in [-0.4, -0.2) is 10.2 Å². The van der Waals surface area contributed by atoms with E-state index in [2.05, 4.69) is 81.4 Å². The Hall–Kier alpha value is -1.96. The highest BCUT2D eigenvalue weighted by atomic mass is 16.3. The van der Waals surface area contributed by atoms with Gasteiger partial charge in [-0.1, -0.05) is 67.5 Å². The molecule has 0 unspecified atom stereocenters. The summed E-state index contributed by atoms with van der Waals surface area (Å²) in [6, 6.07) is 8.20. The fourth-order valence-corrected chi connectivity index (χ4v) is 4.18. The van der Waals surface area contributed by atoms with Crippen LogP contribution >= 0.6 is 0 Å². The minimum absolute atomic E-state index is 0. The number of hydrogen-bond donors (Lipinski definition) is 2. The van der Waals surface area contributed by atoms with Gasteiger partial charge in [0.15, 0.2) is 0 Å². The monoisotopic (exact) mass is 384 g/mol. The minimum Gasteiger partial charge on any atom is -0.508 e. The molecule has 0 radical (unpaired) electrons. The van der Waals surface area contributed by atoms with Crippen molar-refractivity contribution in [1.29, 1.82) is 0 Å². The molecular weight excluding hydrogens is 344 g/mol. The highest BCUT2D eigenvalue weighted by Gasteiger charge is 2.28. The number of aromatic hydroxyl groups is 2. The Kier molecular flexibility index (Phi) is 5.95. The van der Waals surface area contributed by atoms with Crippen molar-refractivity contribution in [2.75, 3.05) is 0 Å². The van der Waals surface area contributed by atoms with E-state index in [9.17, 15) is 10.2 Å². The molecule has 0 amide bonds. The molecule has 2 aromatic carbocycles. The highest BCUT2D eigenvalue weighted by molar-refractivity contribution is 5.52. The van der Waals surface area contributed by atoms with Crippen LogP contribution in [0, 0.1) is 19.8 Å². The van der Waals surface area contributed by atoms with Crippen LogP contribution in [-0.2, 0) is 10.8 Å². The maximum absolute atomic E-state index is 10.6. The number of benzene rings is 2. The molecule has 0 spiro atoms. The molecule has 0 atom stereocenters. The van der Waals surface area contributed by atoms with Gasteiger partial charge in [-0.2, -0.15) is 0 Å². The Bertz CT molecular complexity index is 798. The van der Waals surface area contributed by atoms with Gasteiger partial charge in [-0.05, 0) is 76.1 Å². The molecule has 28 heavy (non-hydrogen) atoms. The molecule has 0 aliphatic heterocycles. The quantitative estimate of drug-likeness (QED) is 0.581. The molecule has 0 fully saturated rings. The zero-order chi connectivity index (χ0) is 21.6. The van der Waals surface area contributed by atoms with Crippen molar-refractivity contribution < 1.29 is 11.6 Å². The van der Waals surface area contributed by atoms with Crippen LogP contribution in [0.5, 0.6) is 11.5 Å². The molecule has 0 aliphatic carbocycles. The fourth-order valence-electron chi connectivity index (χ4n) is 4.18. The molecule has 0 aromatic heterocycles. The van der Waals surface area contributed by atoms with Crippen molar-refractivity contribution in [3.63, 3.8) is 0 Å². The third kappa shape index (κ3) is 4.37. The van der Waals surface area contributed by atoms with Crippen LogP contribution in [0.4, 0.5) is 0 Å². The maximum Gasteiger partial charge on any atom is 0.119 e. The third-order valence-electron chi connectivity index (χ3n) is 5.72. The van der Waals surface area contributed by atoms with E-state index in [4.69, 9.17) is 0 Å². The Balaban J connectivity index is 0.00000420. The predicted molar refractivity (Wildman–Crippen MR) is 122 cm³/mol. The Labute approximate surface area is 173 Å². The summed E-state index contributed by atoms with van der Waals surface area (Å²) in [5.74, 6) is 1.32. The van der Waals surface area contributed by atoms with Gasteiger partial charge in [-0.15, -0.1) is 0 Å². The molecule has 0 bridgehead atoms. The van der Waals surface area contributed by atoms with E-state index in [-0.39, 0.29) is 18.2 Å². The second kappa shape index (κ2) is 7.46. The molecule has 0 heterocycles. The van der Waals surface area contributed by atoms with Crippen LogP contribution in [0.1, 0.15) is 96.1 Å². The second-order valence-electron chi connectivity index (χ2n) is 10.7. The summed E-state index contributed by atoms with van der Waals surface area (Å²) in [5, 5.41) is 21.1. The Morgan fingerprint density at radius 1 is 0.679 bits per heavy atom. The molecule has 0 saturated heterocycles. The lowest BCUT2D eigenvalue weighted by Crippen LogP contribution is -2.18. The topological polar surface area (TPSA) is 40.5 Å². The number of phenolic OH excluding ortho intramolecular Hbond substituents is 2. The average Bonchev–Trinajstić information content (AvgIpc) is 2.48. The van der Waals surface area contributed by atoms with Crippen molar-refractivity contribution in [2.45, 2.75) is 86.0 Å². The summed E-state index contributed by atoms with van der Waals surface area (Å²) in [4.78, 5) is 0. The SMILES string of the molecule is Cc1cc(O)c(C(C)(C)C)cc1C(c1cc(C(C)(C)C)c(O)cc1C)C(C)C.[HH]. The standard InChI is InChI=1S/C26H38O2.H2/c1-15(2)24(18-13-20(25(5,6)7)22(27)11-16(18)3)19-14-21(26(8,9)10)23(28)12-17(19)4;/h11-15,24,27-28H,1-10H3;1H. The number of aryl methyl sites for hydroxylation is 2. The van der Waals surface area contributed by atoms with Gasteiger partial charge in [0, 0.05) is 7.34 Å². The zero-order valence-corrected chi connectivity index (χ0v) is 19.4. The normalized spacial score (nSPS) is 12.9. The molecular formula is C26H40O2. The summed E-state index contributed by atoms with van der Waals surface area (Å²) < 4.78 is 0. The van der Waals surface area contributed by atoms with Gasteiger partial charge in [0.2, 0.25) is 0 Å². The van der Waals surface area contributed by atoms with Gasteiger partial charge in [0.1, 0.15) is 11.5 Å². The summed E-state index contributed by atoms with van der Waals surface area (Å²) in [7, 11) is 0. The van der Waals surface area contributed by atoms with Gasteiger partial charge < -0.3 is 10.2 Å². The molecule has 156 valence electrons. The van der Waals surface area contributed by atoms with Gasteiger partial charge in [-0.3, -0.25) is 0 Å². The largest absolute Gasteiger partial charge is 0.508 e. The first kappa shape index (κ1) is 22.3. The van der Waals surface area contributed by atoms with Crippen molar-refractivity contribution in [3.8, 4) is 11.5 Å².